The lowest BCUT2D eigenvalue weighted by Gasteiger charge is -2.13. The van der Waals surface area contributed by atoms with Crippen molar-refractivity contribution in [3.8, 4) is 5.75 Å². The van der Waals surface area contributed by atoms with E-state index in [1.54, 1.807) is 12.1 Å². The van der Waals surface area contributed by atoms with Crippen LogP contribution in [-0.4, -0.2) is 25.5 Å². The molecule has 0 heterocycles. The zero-order valence-electron chi connectivity index (χ0n) is 14.6. The van der Waals surface area contributed by atoms with E-state index >= 15 is 0 Å². The van der Waals surface area contributed by atoms with Crippen molar-refractivity contribution >= 4 is 40.5 Å². The second-order valence-electron chi connectivity index (χ2n) is 5.58. The Hall–Kier alpha value is -2.80. The number of ether oxygens (including phenoxy) is 1. The summed E-state index contributed by atoms with van der Waals surface area (Å²) >= 11 is 6.04. The Labute approximate surface area is 155 Å². The van der Waals surface area contributed by atoms with Crippen LogP contribution < -0.4 is 20.7 Å². The maximum Gasteiger partial charge on any atom is 0.243 e. The van der Waals surface area contributed by atoms with Gasteiger partial charge in [0.2, 0.25) is 11.8 Å². The fourth-order valence-corrected chi connectivity index (χ4v) is 2.38. The molecule has 0 unspecified atom stereocenters. The van der Waals surface area contributed by atoms with Gasteiger partial charge >= 0.3 is 0 Å². The average molecular weight is 380 g/mol. The van der Waals surface area contributed by atoms with Gasteiger partial charge in [0, 0.05) is 23.7 Å². The zero-order valence-corrected chi connectivity index (χ0v) is 15.3. The molecule has 2 aromatic rings. The number of carbonyl (C=O) groups is 2. The van der Waals surface area contributed by atoms with Crippen molar-refractivity contribution in [3.05, 3.63) is 46.7 Å². The van der Waals surface area contributed by atoms with Gasteiger partial charge in [0.1, 0.15) is 11.6 Å². The standard InChI is InChI=1S/C18H19ClFN3O3/c1-10-6-16(17(26-3)8-13(10)19)23-18(25)9-21-12-4-5-14(20)15(7-12)22-11(2)24/h4-8,21H,9H2,1-3H3,(H,22,24)(H,23,25). The van der Waals surface area contributed by atoms with Gasteiger partial charge in [0.05, 0.1) is 25.0 Å². The second-order valence-corrected chi connectivity index (χ2v) is 5.99. The Kier molecular flexibility index (Phi) is 6.41. The van der Waals surface area contributed by atoms with Crippen molar-refractivity contribution < 1.29 is 18.7 Å². The number of methoxy groups -OCH3 is 1. The predicted molar refractivity (Wildman–Crippen MR) is 101 cm³/mol. The number of hydrogen-bond donors (Lipinski definition) is 3. The number of aryl methyl sites for hydroxylation is 1. The topological polar surface area (TPSA) is 79.5 Å². The van der Waals surface area contributed by atoms with Crippen LogP contribution in [0.1, 0.15) is 12.5 Å². The van der Waals surface area contributed by atoms with Gasteiger partial charge < -0.3 is 20.7 Å². The van der Waals surface area contributed by atoms with E-state index in [0.29, 0.717) is 22.1 Å². The minimum absolute atomic E-state index is 0.0397. The van der Waals surface area contributed by atoms with E-state index in [2.05, 4.69) is 16.0 Å². The number of rotatable bonds is 6. The molecule has 6 nitrogen and oxygen atoms in total. The Morgan fingerprint density at radius 3 is 2.54 bits per heavy atom. The average Bonchev–Trinajstić information content (AvgIpc) is 2.58. The van der Waals surface area contributed by atoms with Gasteiger partial charge in [-0.15, -0.1) is 0 Å². The summed E-state index contributed by atoms with van der Waals surface area (Å²) in [5, 5.41) is 8.52. The minimum atomic E-state index is -0.559. The van der Waals surface area contributed by atoms with Gasteiger partial charge in [0.25, 0.3) is 0 Å². The highest BCUT2D eigenvalue weighted by Crippen LogP contribution is 2.30. The number of carbonyl (C=O) groups excluding carboxylic acids is 2. The molecule has 0 saturated heterocycles. The smallest absolute Gasteiger partial charge is 0.243 e. The fraction of sp³-hybridized carbons (Fsp3) is 0.222. The third kappa shape index (κ3) is 5.10. The monoisotopic (exact) mass is 379 g/mol. The summed E-state index contributed by atoms with van der Waals surface area (Å²) in [5.74, 6) is -0.820. The van der Waals surface area contributed by atoms with Crippen molar-refractivity contribution in [1.29, 1.82) is 0 Å². The molecular formula is C18H19ClFN3O3. The minimum Gasteiger partial charge on any atom is -0.495 e. The maximum atomic E-state index is 13.6. The van der Waals surface area contributed by atoms with Gasteiger partial charge in [-0.1, -0.05) is 11.6 Å². The molecule has 8 heteroatoms. The first-order valence-corrected chi connectivity index (χ1v) is 8.13. The molecule has 0 saturated carbocycles. The van der Waals surface area contributed by atoms with Crippen LogP contribution in [0.25, 0.3) is 0 Å². The summed E-state index contributed by atoms with van der Waals surface area (Å²) in [7, 11) is 1.48. The summed E-state index contributed by atoms with van der Waals surface area (Å²) in [4.78, 5) is 23.2. The number of nitrogens with one attached hydrogen (secondary N) is 3. The summed E-state index contributed by atoms with van der Waals surface area (Å²) < 4.78 is 18.8. The third-order valence-electron chi connectivity index (χ3n) is 3.48. The summed E-state index contributed by atoms with van der Waals surface area (Å²) in [6.45, 7) is 3.04. The Balaban J connectivity index is 2.03. The van der Waals surface area contributed by atoms with Gasteiger partial charge in [-0.25, -0.2) is 4.39 Å². The third-order valence-corrected chi connectivity index (χ3v) is 3.89. The van der Waals surface area contributed by atoms with Crippen LogP contribution >= 0.6 is 11.6 Å². The van der Waals surface area contributed by atoms with Gasteiger partial charge in [0.15, 0.2) is 0 Å². The predicted octanol–water partition coefficient (Wildman–Crippen LogP) is 3.81. The molecule has 2 amide bonds. The van der Waals surface area contributed by atoms with Crippen LogP contribution in [0.15, 0.2) is 30.3 Å². The van der Waals surface area contributed by atoms with Crippen LogP contribution in [0.2, 0.25) is 5.02 Å². The van der Waals surface area contributed by atoms with Gasteiger partial charge in [-0.05, 0) is 36.8 Å². The summed E-state index contributed by atoms with van der Waals surface area (Å²) in [5.41, 5.74) is 1.83. The van der Waals surface area contributed by atoms with Crippen LogP contribution in [0.3, 0.4) is 0 Å². The highest BCUT2D eigenvalue weighted by Gasteiger charge is 2.11. The molecule has 0 fully saturated rings. The van der Waals surface area contributed by atoms with E-state index in [0.717, 1.165) is 5.56 Å². The van der Waals surface area contributed by atoms with Crippen LogP contribution in [0, 0.1) is 12.7 Å². The van der Waals surface area contributed by atoms with Crippen molar-refractivity contribution in [2.24, 2.45) is 0 Å². The Morgan fingerprint density at radius 1 is 1.15 bits per heavy atom. The highest BCUT2D eigenvalue weighted by molar-refractivity contribution is 6.31. The quantitative estimate of drug-likeness (QED) is 0.713. The summed E-state index contributed by atoms with van der Waals surface area (Å²) in [6, 6.07) is 7.43. The molecule has 0 aliphatic heterocycles. The number of benzene rings is 2. The van der Waals surface area contributed by atoms with E-state index in [1.807, 2.05) is 6.92 Å². The molecule has 0 spiro atoms. The maximum absolute atomic E-state index is 13.6. The second kappa shape index (κ2) is 8.53. The molecule has 2 aromatic carbocycles. The first kappa shape index (κ1) is 19.5. The lowest BCUT2D eigenvalue weighted by molar-refractivity contribution is -0.115. The molecule has 3 N–H and O–H groups in total. The normalized spacial score (nSPS) is 10.2. The molecule has 0 aromatic heterocycles. The van der Waals surface area contributed by atoms with Crippen molar-refractivity contribution in [2.75, 3.05) is 29.6 Å². The van der Waals surface area contributed by atoms with Crippen LogP contribution in [0.5, 0.6) is 5.75 Å². The fourth-order valence-electron chi connectivity index (χ4n) is 2.23. The first-order valence-electron chi connectivity index (χ1n) is 7.75. The first-order chi connectivity index (χ1) is 12.3. The number of hydrogen-bond acceptors (Lipinski definition) is 4. The molecule has 0 atom stereocenters. The molecule has 0 aliphatic rings. The largest absolute Gasteiger partial charge is 0.495 e. The van der Waals surface area contributed by atoms with E-state index in [-0.39, 0.29) is 24.0 Å². The van der Waals surface area contributed by atoms with Gasteiger partial charge in [-0.2, -0.15) is 0 Å². The van der Waals surface area contributed by atoms with Gasteiger partial charge in [-0.3, -0.25) is 9.59 Å². The van der Waals surface area contributed by atoms with Crippen molar-refractivity contribution in [3.63, 3.8) is 0 Å². The highest BCUT2D eigenvalue weighted by atomic mass is 35.5. The molecular weight excluding hydrogens is 361 g/mol. The van der Waals surface area contributed by atoms with E-state index in [9.17, 15) is 14.0 Å². The van der Waals surface area contributed by atoms with E-state index in [4.69, 9.17) is 16.3 Å². The van der Waals surface area contributed by atoms with E-state index < -0.39 is 5.82 Å². The van der Waals surface area contributed by atoms with Crippen LogP contribution in [-0.2, 0) is 9.59 Å². The Morgan fingerprint density at radius 2 is 1.88 bits per heavy atom. The Bertz CT molecular complexity index is 843. The lowest BCUT2D eigenvalue weighted by Crippen LogP contribution is -2.22. The molecule has 0 aliphatic carbocycles. The van der Waals surface area contributed by atoms with Crippen molar-refractivity contribution in [1.82, 2.24) is 0 Å². The molecule has 2 rings (SSSR count). The van der Waals surface area contributed by atoms with Crippen molar-refractivity contribution in [2.45, 2.75) is 13.8 Å². The number of amides is 2. The zero-order chi connectivity index (χ0) is 19.3. The SMILES string of the molecule is COc1cc(Cl)c(C)cc1NC(=O)CNc1ccc(F)c(NC(C)=O)c1. The molecule has 0 bridgehead atoms. The van der Waals surface area contributed by atoms with Crippen LogP contribution in [0.4, 0.5) is 21.5 Å². The number of halogens is 2. The molecule has 0 radical (unpaired) electrons. The van der Waals surface area contributed by atoms with E-state index in [1.165, 1.54) is 32.2 Å². The lowest BCUT2D eigenvalue weighted by atomic mass is 10.2. The summed E-state index contributed by atoms with van der Waals surface area (Å²) in [6.07, 6.45) is 0. The molecule has 138 valence electrons. The number of anilines is 3. The molecule has 26 heavy (non-hydrogen) atoms.